The van der Waals surface area contributed by atoms with Crippen molar-refractivity contribution in [3.63, 3.8) is 0 Å². The van der Waals surface area contributed by atoms with Crippen molar-refractivity contribution in [2.75, 3.05) is 20.2 Å². The monoisotopic (exact) mass is 753 g/mol. The number of aliphatic carboxylic acids is 1. The first kappa shape index (κ1) is 37.6. The second kappa shape index (κ2) is 15.6. The van der Waals surface area contributed by atoms with Gasteiger partial charge in [0.2, 0.25) is 12.4 Å². The van der Waals surface area contributed by atoms with Gasteiger partial charge in [-0.3, -0.25) is 14.6 Å². The van der Waals surface area contributed by atoms with Crippen LogP contribution < -0.4 is 25.7 Å². The molecule has 15 heteroatoms. The van der Waals surface area contributed by atoms with Gasteiger partial charge in [-0.1, -0.05) is 29.3 Å². The summed E-state index contributed by atoms with van der Waals surface area (Å²) < 4.78 is 23.5. The number of quaternary nitrogens is 1. The van der Waals surface area contributed by atoms with E-state index >= 15 is 0 Å². The van der Waals surface area contributed by atoms with E-state index in [0.717, 1.165) is 28.0 Å². The van der Waals surface area contributed by atoms with Crippen molar-refractivity contribution >= 4 is 28.6 Å². The first-order valence-corrected chi connectivity index (χ1v) is 17.5. The van der Waals surface area contributed by atoms with Crippen molar-refractivity contribution in [2.45, 2.75) is 50.6 Å². The Morgan fingerprint density at radius 3 is 2.49 bits per heavy atom. The number of hydroxylamine groups is 2. The molecule has 4 heterocycles. The highest BCUT2D eigenvalue weighted by atomic mass is 16.8. The number of phenolic OH excluding ortho intramolecular Hbond substituents is 1. The molecule has 8 unspecified atom stereocenters. The fraction of sp³-hybridized carbons (Fsp3) is 0.300. The Kier molecular flexibility index (Phi) is 10.7. The number of fused-ring (bicyclic) bond motifs is 2. The number of carbonyl (C=O) groups is 2. The molecule has 0 radical (unpaired) electrons. The van der Waals surface area contributed by atoms with Gasteiger partial charge in [0.1, 0.15) is 66.1 Å². The van der Waals surface area contributed by atoms with Crippen LogP contribution in [-0.2, 0) is 23.9 Å². The average Bonchev–Trinajstić information content (AvgIpc) is 3.74. The standard InChI is InChI=1S/C40H39N3O12/c1-20-12-21(2)14-24(13-20)33-32-23(10-11-42-32)17-43(33)55-37-36(47)35(46)31(19-52-39(50)28(16-41-3)38(48)49)54-40(37)53-26-8-9-27-30(15-26)51-18-29(34(27)45)22-4-6-25(44)7-5-22/h4-15,17-18,28,31,33,35-37,40-41,44,46-47H,16,19H2,1-3H3,(H,48,49). The van der Waals surface area contributed by atoms with Crippen LogP contribution in [0.3, 0.4) is 0 Å². The second-order valence-corrected chi connectivity index (χ2v) is 13.7. The largest absolute Gasteiger partial charge is 0.549 e. The van der Waals surface area contributed by atoms with Gasteiger partial charge in [0.05, 0.1) is 22.5 Å². The number of phenols is 1. The van der Waals surface area contributed by atoms with Gasteiger partial charge in [-0.25, -0.2) is 0 Å². The SMILES string of the molecule is CNCC(C(=O)[O-])C(=O)OCC1OC(Oc2ccc3c(=O)c(-c4ccc(O)cc4)coc3c2)C(O[NH+]2C=C3C=CN=C3C2c2cc(C)cc(C)c2)C(O)C1O. The van der Waals surface area contributed by atoms with Gasteiger partial charge in [0.25, 0.3) is 0 Å². The molecule has 0 spiro atoms. The smallest absolute Gasteiger partial charge is 0.316 e. The van der Waals surface area contributed by atoms with Crippen LogP contribution in [0, 0.1) is 19.8 Å². The van der Waals surface area contributed by atoms with E-state index in [9.17, 15) is 34.8 Å². The number of aliphatic hydroxyl groups is 2. The molecule has 0 bridgehead atoms. The van der Waals surface area contributed by atoms with E-state index in [2.05, 4.69) is 10.3 Å². The van der Waals surface area contributed by atoms with Crippen LogP contribution in [0.5, 0.6) is 11.5 Å². The van der Waals surface area contributed by atoms with Gasteiger partial charge in [0, 0.05) is 24.4 Å². The first-order chi connectivity index (χ1) is 26.4. The summed E-state index contributed by atoms with van der Waals surface area (Å²) in [6.45, 7) is 3.06. The molecule has 1 saturated heterocycles. The Morgan fingerprint density at radius 2 is 1.78 bits per heavy atom. The molecule has 55 heavy (non-hydrogen) atoms. The van der Waals surface area contributed by atoms with Crippen LogP contribution in [0.25, 0.3) is 22.1 Å². The molecule has 5 N–H and O–H groups in total. The maximum Gasteiger partial charge on any atom is 0.316 e. The molecule has 0 aliphatic carbocycles. The molecule has 3 aliphatic rings. The zero-order valence-electron chi connectivity index (χ0n) is 30.0. The van der Waals surface area contributed by atoms with Crippen molar-refractivity contribution in [1.29, 1.82) is 0 Å². The Bertz CT molecular complexity index is 2250. The topological polar surface area (TPSA) is 214 Å². The Hall–Kier alpha value is -5.68. The van der Waals surface area contributed by atoms with E-state index in [1.54, 1.807) is 24.5 Å². The van der Waals surface area contributed by atoms with Crippen LogP contribution in [0.15, 0.2) is 105 Å². The molecule has 286 valence electrons. The third kappa shape index (κ3) is 7.66. The summed E-state index contributed by atoms with van der Waals surface area (Å²) in [6.07, 6.45) is -0.936. The molecule has 0 amide bonds. The number of aromatic hydroxyl groups is 1. The molecule has 0 saturated carbocycles. The lowest BCUT2D eigenvalue weighted by Gasteiger charge is -2.41. The number of carboxylic acid groups (broad SMARTS) is 1. The number of benzene rings is 3. The summed E-state index contributed by atoms with van der Waals surface area (Å²) in [5, 5.41) is 47.4. The van der Waals surface area contributed by atoms with Crippen molar-refractivity contribution in [2.24, 2.45) is 10.9 Å². The number of ether oxygens (including phenoxy) is 3. The Morgan fingerprint density at radius 1 is 1.04 bits per heavy atom. The van der Waals surface area contributed by atoms with Gasteiger partial charge in [0.15, 0.2) is 11.5 Å². The molecule has 15 nitrogen and oxygen atoms in total. The number of nitrogens with one attached hydrogen (secondary N) is 2. The molecule has 3 aromatic carbocycles. The zero-order valence-corrected chi connectivity index (χ0v) is 30.0. The van der Waals surface area contributed by atoms with Crippen molar-refractivity contribution in [1.82, 2.24) is 5.32 Å². The number of allylic oxidation sites excluding steroid dienone is 1. The summed E-state index contributed by atoms with van der Waals surface area (Å²) in [6, 6.07) is 16.2. The number of hydrogen-bond donors (Lipinski definition) is 5. The number of aliphatic hydroxyl groups excluding tert-OH is 2. The van der Waals surface area contributed by atoms with E-state index in [4.69, 9.17) is 23.5 Å². The molecular weight excluding hydrogens is 714 g/mol. The van der Waals surface area contributed by atoms with E-state index in [-0.39, 0.29) is 40.0 Å². The number of esters is 1. The lowest BCUT2D eigenvalue weighted by atomic mass is 9.97. The molecule has 3 aliphatic heterocycles. The fourth-order valence-electron chi connectivity index (χ4n) is 7.00. The zero-order chi connectivity index (χ0) is 39.0. The molecule has 8 atom stereocenters. The van der Waals surface area contributed by atoms with E-state index in [1.165, 1.54) is 43.6 Å². The summed E-state index contributed by atoms with van der Waals surface area (Å²) in [7, 11) is 1.46. The van der Waals surface area contributed by atoms with Gasteiger partial charge in [-0.05, 0) is 68.9 Å². The lowest BCUT2D eigenvalue weighted by molar-refractivity contribution is -1.07. The predicted molar refractivity (Wildman–Crippen MR) is 193 cm³/mol. The third-order valence-corrected chi connectivity index (χ3v) is 9.66. The van der Waals surface area contributed by atoms with Gasteiger partial charge < -0.3 is 49.2 Å². The highest BCUT2D eigenvalue weighted by molar-refractivity contribution is 6.08. The minimum absolute atomic E-state index is 0.0497. The lowest BCUT2D eigenvalue weighted by Crippen LogP contribution is -3.07. The summed E-state index contributed by atoms with van der Waals surface area (Å²) in [4.78, 5) is 48.8. The average molecular weight is 754 g/mol. The van der Waals surface area contributed by atoms with E-state index in [1.807, 2.05) is 38.1 Å². The number of carboxylic acids is 1. The van der Waals surface area contributed by atoms with Gasteiger partial charge >= 0.3 is 5.97 Å². The number of nitrogens with zero attached hydrogens (tertiary/aromatic N) is 1. The highest BCUT2D eigenvalue weighted by Crippen LogP contribution is 2.31. The molecule has 4 aromatic rings. The summed E-state index contributed by atoms with van der Waals surface area (Å²) in [5.74, 6) is -4.22. The molecular formula is C40H39N3O12. The van der Waals surface area contributed by atoms with Gasteiger partial charge in [-0.15, -0.1) is 0 Å². The normalized spacial score (nSPS) is 24.9. The number of rotatable bonds is 12. The van der Waals surface area contributed by atoms with Crippen LogP contribution >= 0.6 is 0 Å². The first-order valence-electron chi connectivity index (χ1n) is 17.5. The van der Waals surface area contributed by atoms with Crippen molar-refractivity contribution < 1.29 is 58.5 Å². The maximum atomic E-state index is 13.4. The van der Waals surface area contributed by atoms with Crippen LogP contribution in [0.1, 0.15) is 22.7 Å². The number of carbonyl (C=O) groups excluding carboxylic acids is 2. The number of aliphatic imine (C=N–C) groups is 1. The summed E-state index contributed by atoms with van der Waals surface area (Å²) >= 11 is 0. The van der Waals surface area contributed by atoms with Crippen molar-refractivity contribution in [3.05, 3.63) is 118 Å². The Labute approximate surface area is 314 Å². The second-order valence-electron chi connectivity index (χ2n) is 13.7. The summed E-state index contributed by atoms with van der Waals surface area (Å²) in [5.41, 5.74) is 5.18. The van der Waals surface area contributed by atoms with E-state index in [0.29, 0.717) is 10.6 Å². The quantitative estimate of drug-likeness (QED) is 0.0988. The molecule has 1 aromatic heterocycles. The third-order valence-electron chi connectivity index (χ3n) is 9.66. The molecule has 1 fully saturated rings. The predicted octanol–water partition coefficient (Wildman–Crippen LogP) is 0.529. The Balaban J connectivity index is 1.19. The fourth-order valence-corrected chi connectivity index (χ4v) is 7.00. The minimum Gasteiger partial charge on any atom is -0.549 e. The maximum absolute atomic E-state index is 13.4. The highest BCUT2D eigenvalue weighted by Gasteiger charge is 2.52. The minimum atomic E-state index is -1.68. The van der Waals surface area contributed by atoms with Gasteiger partial charge in [-0.2, -0.15) is 9.90 Å². The number of aryl methyl sites for hydroxylation is 2. The van der Waals surface area contributed by atoms with Crippen molar-refractivity contribution in [3.8, 4) is 22.6 Å². The van der Waals surface area contributed by atoms with Crippen LogP contribution in [0.4, 0.5) is 0 Å². The molecule has 7 rings (SSSR count). The number of hydrogen-bond acceptors (Lipinski definition) is 14. The van der Waals surface area contributed by atoms with Crippen LogP contribution in [-0.4, -0.2) is 83.9 Å². The van der Waals surface area contributed by atoms with E-state index < -0.39 is 61.2 Å². The van der Waals surface area contributed by atoms with Crippen LogP contribution in [0.2, 0.25) is 0 Å².